The standard InChI is InChI=1S/C3H7N.CH/c1-2-3-4;/h2H,1,3-4H2;1H. The van der Waals surface area contributed by atoms with E-state index in [1.807, 2.05) is 0 Å². The van der Waals surface area contributed by atoms with Gasteiger partial charge in [0.25, 0.3) is 0 Å². The van der Waals surface area contributed by atoms with Crippen LogP contribution in [0.25, 0.3) is 0 Å². The van der Waals surface area contributed by atoms with Gasteiger partial charge in [-0.1, -0.05) is 6.08 Å². The van der Waals surface area contributed by atoms with Gasteiger partial charge in [-0.15, -0.1) is 6.58 Å². The molecule has 5 heavy (non-hydrogen) atoms. The maximum Gasteiger partial charge on any atom is 0.0104 e. The number of hydrogen-bond donors (Lipinski definition) is 1. The third-order valence-electron chi connectivity index (χ3n) is 0.167. The molecule has 0 atom stereocenters. The lowest BCUT2D eigenvalue weighted by Crippen LogP contribution is -1.90. The van der Waals surface area contributed by atoms with Gasteiger partial charge in [-0.2, -0.15) is 0 Å². The fourth-order valence-corrected chi connectivity index (χ4v) is 0. The Hall–Kier alpha value is -0.300. The summed E-state index contributed by atoms with van der Waals surface area (Å²) in [6, 6.07) is 0. The summed E-state index contributed by atoms with van der Waals surface area (Å²) in [6.07, 6.45) is 1.65. The molecule has 3 radical (unpaired) electrons. The van der Waals surface area contributed by atoms with Gasteiger partial charge in [0, 0.05) is 6.54 Å². The van der Waals surface area contributed by atoms with E-state index in [1.165, 1.54) is 0 Å². The zero-order valence-electron chi connectivity index (χ0n) is 3.15. The Morgan fingerprint density at radius 1 is 1.80 bits per heavy atom. The highest BCUT2D eigenvalue weighted by atomic mass is 14.5. The summed E-state index contributed by atoms with van der Waals surface area (Å²) in [6.45, 7) is 3.94. The fourth-order valence-electron chi connectivity index (χ4n) is 0. The van der Waals surface area contributed by atoms with E-state index in [1.54, 1.807) is 6.08 Å². The molecule has 2 N–H and O–H groups in total. The molecule has 1 nitrogen and oxygen atoms in total. The van der Waals surface area contributed by atoms with Crippen LogP contribution in [0.5, 0.6) is 0 Å². The van der Waals surface area contributed by atoms with Gasteiger partial charge in [0.15, 0.2) is 0 Å². The molecule has 0 bridgehead atoms. The second kappa shape index (κ2) is 9.33. The molecular weight excluding hydrogens is 62.1 g/mol. The molecule has 0 fully saturated rings. The van der Waals surface area contributed by atoms with Crippen LogP contribution >= 0.6 is 0 Å². The first-order valence-corrected chi connectivity index (χ1v) is 1.22. The van der Waals surface area contributed by atoms with Crippen molar-refractivity contribution in [2.75, 3.05) is 6.54 Å². The molecule has 0 unspecified atom stereocenters. The van der Waals surface area contributed by atoms with E-state index in [9.17, 15) is 0 Å². The van der Waals surface area contributed by atoms with Gasteiger partial charge in [0.2, 0.25) is 0 Å². The van der Waals surface area contributed by atoms with Crippen molar-refractivity contribution >= 4 is 0 Å². The molecule has 0 aliphatic carbocycles. The van der Waals surface area contributed by atoms with Gasteiger partial charge < -0.3 is 5.73 Å². The normalized spacial score (nSPS) is 5.00. The minimum atomic E-state index is 0. The Labute approximate surface area is 33.5 Å². The van der Waals surface area contributed by atoms with Crippen molar-refractivity contribution in [3.05, 3.63) is 20.1 Å². The monoisotopic (exact) mass is 70.1 g/mol. The molecule has 0 saturated carbocycles. The predicted molar refractivity (Wildman–Crippen MR) is 23.6 cm³/mol. The van der Waals surface area contributed by atoms with Crippen molar-refractivity contribution in [2.24, 2.45) is 5.73 Å². The average Bonchev–Trinajstić information content (AvgIpc) is 1.37. The van der Waals surface area contributed by atoms with Gasteiger partial charge in [-0.25, -0.2) is 0 Å². The van der Waals surface area contributed by atoms with Crippen LogP contribution in [0, 0.1) is 7.43 Å². The van der Waals surface area contributed by atoms with Crippen LogP contribution in [-0.4, -0.2) is 6.54 Å². The van der Waals surface area contributed by atoms with Crippen LogP contribution in [0.15, 0.2) is 12.7 Å². The third-order valence-corrected chi connectivity index (χ3v) is 0.167. The third kappa shape index (κ3) is 21.8. The predicted octanol–water partition coefficient (Wildman–Crippen LogP) is 0.335. The summed E-state index contributed by atoms with van der Waals surface area (Å²) in [5.41, 5.74) is 4.91. The molecule has 0 aromatic carbocycles. The van der Waals surface area contributed by atoms with Gasteiger partial charge >= 0.3 is 0 Å². The Morgan fingerprint density at radius 3 is 2.00 bits per heavy atom. The van der Waals surface area contributed by atoms with E-state index in [-0.39, 0.29) is 7.43 Å². The van der Waals surface area contributed by atoms with Crippen LogP contribution in [0.3, 0.4) is 0 Å². The number of hydrogen-bond acceptors (Lipinski definition) is 1. The lowest BCUT2D eigenvalue weighted by molar-refractivity contribution is 1.26. The Balaban J connectivity index is 0. The SMILES string of the molecule is C=CCN.[CH]. The van der Waals surface area contributed by atoms with E-state index in [2.05, 4.69) is 6.58 Å². The van der Waals surface area contributed by atoms with Crippen molar-refractivity contribution in [1.82, 2.24) is 0 Å². The lowest BCUT2D eigenvalue weighted by Gasteiger charge is -1.61. The molecule has 0 heterocycles. The Bertz CT molecular complexity index is 17.6. The second-order valence-corrected chi connectivity index (χ2v) is 0.524. The second-order valence-electron chi connectivity index (χ2n) is 0.524. The first-order chi connectivity index (χ1) is 1.91. The maximum absolute atomic E-state index is 4.91. The maximum atomic E-state index is 4.91. The van der Waals surface area contributed by atoms with E-state index in [4.69, 9.17) is 5.73 Å². The van der Waals surface area contributed by atoms with Crippen molar-refractivity contribution in [3.63, 3.8) is 0 Å². The highest BCUT2D eigenvalue weighted by molar-refractivity contribution is 4.64. The van der Waals surface area contributed by atoms with E-state index >= 15 is 0 Å². The number of rotatable bonds is 1. The first kappa shape index (κ1) is 8.83. The molecule has 0 aliphatic rings. The van der Waals surface area contributed by atoms with Crippen LogP contribution in [0.4, 0.5) is 0 Å². The number of nitrogens with two attached hydrogens (primary N) is 1. The summed E-state index contributed by atoms with van der Waals surface area (Å²) in [4.78, 5) is 0. The topological polar surface area (TPSA) is 26.0 Å². The highest BCUT2D eigenvalue weighted by Gasteiger charge is 1.43. The quantitative estimate of drug-likeness (QED) is 0.442. The van der Waals surface area contributed by atoms with Gasteiger partial charge in [-0.3, -0.25) is 0 Å². The molecule has 0 aliphatic heterocycles. The van der Waals surface area contributed by atoms with Gasteiger partial charge in [-0.05, 0) is 7.43 Å². The first-order valence-electron chi connectivity index (χ1n) is 1.22. The Kier molecular flexibility index (Phi) is 16.5. The molecule has 0 aromatic heterocycles. The molecule has 29 valence electrons. The summed E-state index contributed by atoms with van der Waals surface area (Å²) in [5.74, 6) is 0. The smallest absolute Gasteiger partial charge is 0.0104 e. The minimum Gasteiger partial charge on any atom is -0.327 e. The highest BCUT2D eigenvalue weighted by Crippen LogP contribution is 1.40. The Morgan fingerprint density at radius 2 is 2.00 bits per heavy atom. The van der Waals surface area contributed by atoms with Crippen molar-refractivity contribution in [2.45, 2.75) is 0 Å². The summed E-state index contributed by atoms with van der Waals surface area (Å²) in [7, 11) is 0. The summed E-state index contributed by atoms with van der Waals surface area (Å²) >= 11 is 0. The van der Waals surface area contributed by atoms with Gasteiger partial charge in [0.05, 0.1) is 0 Å². The molecule has 0 saturated heterocycles. The minimum absolute atomic E-state index is 0. The lowest BCUT2D eigenvalue weighted by atomic mass is 10.7. The van der Waals surface area contributed by atoms with Crippen LogP contribution in [-0.2, 0) is 0 Å². The summed E-state index contributed by atoms with van der Waals surface area (Å²) in [5, 5.41) is 0. The van der Waals surface area contributed by atoms with Crippen LogP contribution in [0.2, 0.25) is 0 Å². The van der Waals surface area contributed by atoms with Gasteiger partial charge in [0.1, 0.15) is 0 Å². The molecule has 0 rings (SSSR count). The largest absolute Gasteiger partial charge is 0.327 e. The van der Waals surface area contributed by atoms with E-state index in [0.29, 0.717) is 6.54 Å². The van der Waals surface area contributed by atoms with E-state index in [0.717, 1.165) is 0 Å². The van der Waals surface area contributed by atoms with Crippen molar-refractivity contribution in [1.29, 1.82) is 0 Å². The molecule has 0 aromatic rings. The molecule has 0 spiro atoms. The van der Waals surface area contributed by atoms with Crippen molar-refractivity contribution in [3.8, 4) is 0 Å². The van der Waals surface area contributed by atoms with Crippen LogP contribution < -0.4 is 5.73 Å². The molecule has 0 amide bonds. The summed E-state index contributed by atoms with van der Waals surface area (Å²) < 4.78 is 0. The average molecular weight is 70.1 g/mol. The zero-order chi connectivity index (χ0) is 3.41. The van der Waals surface area contributed by atoms with Crippen LogP contribution in [0.1, 0.15) is 0 Å². The zero-order valence-corrected chi connectivity index (χ0v) is 3.15. The van der Waals surface area contributed by atoms with E-state index < -0.39 is 0 Å². The molecule has 1 heteroatoms. The molecular formula is C4H8N. The fraction of sp³-hybridized carbons (Fsp3) is 0.250. The van der Waals surface area contributed by atoms with Crippen molar-refractivity contribution < 1.29 is 0 Å².